The fraction of sp³-hybridized carbons (Fsp3) is 0.375. The van der Waals surface area contributed by atoms with Gasteiger partial charge in [0, 0.05) is 11.8 Å². The minimum Gasteiger partial charge on any atom is -0.388 e. The molecule has 66 valence electrons. The number of nitrogens with zero attached hydrogens (tertiary/aromatic N) is 1. The standard InChI is InChI=1S/C8H9BrClNO/c1-2-7(12)6-3-5(10)4-11-8(6)9/h3-4,7,12H,2H2,1H3. The maximum absolute atomic E-state index is 9.51. The Bertz CT molecular complexity index is 280. The highest BCUT2D eigenvalue weighted by Crippen LogP contribution is 2.25. The van der Waals surface area contributed by atoms with Crippen LogP contribution in [-0.4, -0.2) is 10.1 Å². The minimum atomic E-state index is -0.495. The lowest BCUT2D eigenvalue weighted by molar-refractivity contribution is 0.172. The molecule has 0 aromatic carbocycles. The van der Waals surface area contributed by atoms with Gasteiger partial charge in [0.25, 0.3) is 0 Å². The molecular formula is C8H9BrClNO. The lowest BCUT2D eigenvalue weighted by Gasteiger charge is -2.09. The average molecular weight is 251 g/mol. The van der Waals surface area contributed by atoms with Crippen molar-refractivity contribution in [1.82, 2.24) is 4.98 Å². The number of aliphatic hydroxyl groups excluding tert-OH is 1. The summed E-state index contributed by atoms with van der Waals surface area (Å²) in [4.78, 5) is 3.97. The van der Waals surface area contributed by atoms with Crippen LogP contribution in [0.5, 0.6) is 0 Å². The highest BCUT2D eigenvalue weighted by molar-refractivity contribution is 9.10. The zero-order chi connectivity index (χ0) is 9.14. The molecular weight excluding hydrogens is 241 g/mol. The van der Waals surface area contributed by atoms with E-state index in [0.717, 1.165) is 5.56 Å². The summed E-state index contributed by atoms with van der Waals surface area (Å²) < 4.78 is 0.654. The van der Waals surface area contributed by atoms with Crippen LogP contribution in [0.15, 0.2) is 16.9 Å². The number of aromatic nitrogens is 1. The zero-order valence-electron chi connectivity index (χ0n) is 6.59. The second-order valence-corrected chi connectivity index (χ2v) is 3.65. The van der Waals surface area contributed by atoms with E-state index in [2.05, 4.69) is 20.9 Å². The third-order valence-corrected chi connectivity index (χ3v) is 2.45. The molecule has 0 radical (unpaired) electrons. The Balaban J connectivity index is 3.04. The van der Waals surface area contributed by atoms with E-state index >= 15 is 0 Å². The highest BCUT2D eigenvalue weighted by Gasteiger charge is 2.10. The molecule has 0 saturated heterocycles. The predicted molar refractivity (Wildman–Crippen MR) is 52.2 cm³/mol. The quantitative estimate of drug-likeness (QED) is 0.819. The predicted octanol–water partition coefficient (Wildman–Crippen LogP) is 2.94. The number of halogens is 2. The number of pyridine rings is 1. The van der Waals surface area contributed by atoms with E-state index in [1.165, 1.54) is 6.20 Å². The fourth-order valence-corrected chi connectivity index (χ4v) is 1.54. The van der Waals surface area contributed by atoms with Gasteiger partial charge in [0.15, 0.2) is 0 Å². The van der Waals surface area contributed by atoms with Crippen molar-refractivity contribution in [3.05, 3.63) is 27.5 Å². The van der Waals surface area contributed by atoms with E-state index in [4.69, 9.17) is 11.6 Å². The summed E-state index contributed by atoms with van der Waals surface area (Å²) in [6.45, 7) is 1.90. The second-order valence-electron chi connectivity index (χ2n) is 2.46. The fourth-order valence-electron chi connectivity index (χ4n) is 0.892. The van der Waals surface area contributed by atoms with E-state index in [1.807, 2.05) is 6.92 Å². The first kappa shape index (κ1) is 9.96. The smallest absolute Gasteiger partial charge is 0.111 e. The molecule has 1 heterocycles. The molecule has 0 aliphatic heterocycles. The van der Waals surface area contributed by atoms with E-state index < -0.39 is 6.10 Å². The minimum absolute atomic E-state index is 0.495. The van der Waals surface area contributed by atoms with Gasteiger partial charge in [-0.2, -0.15) is 0 Å². The van der Waals surface area contributed by atoms with Gasteiger partial charge in [0.2, 0.25) is 0 Å². The van der Waals surface area contributed by atoms with Crippen LogP contribution in [0, 0.1) is 0 Å². The van der Waals surface area contributed by atoms with Gasteiger partial charge in [-0.3, -0.25) is 0 Å². The molecule has 0 aliphatic rings. The van der Waals surface area contributed by atoms with Crippen LogP contribution < -0.4 is 0 Å². The van der Waals surface area contributed by atoms with Crippen molar-refractivity contribution in [2.75, 3.05) is 0 Å². The van der Waals surface area contributed by atoms with Gasteiger partial charge in [-0.1, -0.05) is 18.5 Å². The maximum Gasteiger partial charge on any atom is 0.111 e. The molecule has 1 aromatic heterocycles. The first-order valence-electron chi connectivity index (χ1n) is 3.64. The van der Waals surface area contributed by atoms with Crippen LogP contribution >= 0.6 is 27.5 Å². The van der Waals surface area contributed by atoms with Crippen LogP contribution in [0.3, 0.4) is 0 Å². The molecule has 4 heteroatoms. The van der Waals surface area contributed by atoms with Crippen LogP contribution in [0.1, 0.15) is 25.0 Å². The first-order chi connectivity index (χ1) is 5.65. The van der Waals surface area contributed by atoms with Crippen LogP contribution in [0.25, 0.3) is 0 Å². The van der Waals surface area contributed by atoms with Crippen LogP contribution in [-0.2, 0) is 0 Å². The SMILES string of the molecule is CCC(O)c1cc(Cl)cnc1Br. The van der Waals surface area contributed by atoms with Gasteiger partial charge in [0.1, 0.15) is 4.60 Å². The third kappa shape index (κ3) is 2.19. The highest BCUT2D eigenvalue weighted by atomic mass is 79.9. The monoisotopic (exact) mass is 249 g/mol. The second kappa shape index (κ2) is 4.21. The van der Waals surface area contributed by atoms with Gasteiger partial charge in [-0.25, -0.2) is 4.98 Å². The maximum atomic E-state index is 9.51. The lowest BCUT2D eigenvalue weighted by atomic mass is 10.1. The Morgan fingerprint density at radius 2 is 2.42 bits per heavy atom. The Hall–Kier alpha value is -0.120. The molecule has 12 heavy (non-hydrogen) atoms. The van der Waals surface area contributed by atoms with Gasteiger partial charge >= 0.3 is 0 Å². The molecule has 0 aliphatic carbocycles. The van der Waals surface area contributed by atoms with Gasteiger partial charge in [-0.05, 0) is 28.4 Å². The van der Waals surface area contributed by atoms with Crippen LogP contribution in [0.2, 0.25) is 5.02 Å². The average Bonchev–Trinajstić information content (AvgIpc) is 2.08. The summed E-state index contributed by atoms with van der Waals surface area (Å²) in [7, 11) is 0. The molecule has 1 atom stereocenters. The molecule has 0 fully saturated rings. The molecule has 1 unspecified atom stereocenters. The lowest BCUT2D eigenvalue weighted by Crippen LogP contribution is -1.97. The summed E-state index contributed by atoms with van der Waals surface area (Å²) in [5.41, 5.74) is 0.741. The Labute approximate surface area is 84.7 Å². The summed E-state index contributed by atoms with van der Waals surface area (Å²) >= 11 is 8.97. The van der Waals surface area contributed by atoms with Crippen molar-refractivity contribution >= 4 is 27.5 Å². The van der Waals surface area contributed by atoms with Crippen molar-refractivity contribution in [3.63, 3.8) is 0 Å². The zero-order valence-corrected chi connectivity index (χ0v) is 8.93. The first-order valence-corrected chi connectivity index (χ1v) is 4.81. The Morgan fingerprint density at radius 3 is 3.00 bits per heavy atom. The molecule has 2 nitrogen and oxygen atoms in total. The summed E-state index contributed by atoms with van der Waals surface area (Å²) in [5, 5.41) is 10.0. The van der Waals surface area contributed by atoms with E-state index in [1.54, 1.807) is 6.07 Å². The van der Waals surface area contributed by atoms with Crippen molar-refractivity contribution in [2.24, 2.45) is 0 Å². The Morgan fingerprint density at radius 1 is 1.75 bits per heavy atom. The molecule has 0 saturated carbocycles. The van der Waals surface area contributed by atoms with Crippen molar-refractivity contribution in [2.45, 2.75) is 19.4 Å². The number of rotatable bonds is 2. The molecule has 0 spiro atoms. The van der Waals surface area contributed by atoms with Crippen LogP contribution in [0.4, 0.5) is 0 Å². The molecule has 1 rings (SSSR count). The number of hydrogen-bond acceptors (Lipinski definition) is 2. The number of hydrogen-bond donors (Lipinski definition) is 1. The molecule has 1 N–H and O–H groups in total. The van der Waals surface area contributed by atoms with Crippen molar-refractivity contribution in [3.8, 4) is 0 Å². The largest absolute Gasteiger partial charge is 0.388 e. The molecule has 1 aromatic rings. The van der Waals surface area contributed by atoms with Gasteiger partial charge in [-0.15, -0.1) is 0 Å². The summed E-state index contributed by atoms with van der Waals surface area (Å²) in [6.07, 6.45) is 1.70. The summed E-state index contributed by atoms with van der Waals surface area (Å²) in [5.74, 6) is 0. The van der Waals surface area contributed by atoms with E-state index in [-0.39, 0.29) is 0 Å². The third-order valence-electron chi connectivity index (χ3n) is 1.58. The van der Waals surface area contributed by atoms with Gasteiger partial charge < -0.3 is 5.11 Å². The Kier molecular flexibility index (Phi) is 3.50. The molecule has 0 amide bonds. The number of aliphatic hydroxyl groups is 1. The van der Waals surface area contributed by atoms with Crippen molar-refractivity contribution < 1.29 is 5.11 Å². The van der Waals surface area contributed by atoms with E-state index in [0.29, 0.717) is 16.0 Å². The van der Waals surface area contributed by atoms with Gasteiger partial charge in [0.05, 0.1) is 11.1 Å². The van der Waals surface area contributed by atoms with Crippen molar-refractivity contribution in [1.29, 1.82) is 0 Å². The topological polar surface area (TPSA) is 33.1 Å². The van der Waals surface area contributed by atoms with E-state index in [9.17, 15) is 5.11 Å². The molecule has 0 bridgehead atoms. The summed E-state index contributed by atoms with van der Waals surface area (Å²) in [6, 6.07) is 1.72. The normalized spacial score (nSPS) is 13.0.